The van der Waals surface area contributed by atoms with Crippen molar-refractivity contribution in [2.75, 3.05) is 5.32 Å². The van der Waals surface area contributed by atoms with Crippen LogP contribution in [0.3, 0.4) is 0 Å². The Morgan fingerprint density at radius 3 is 2.40 bits per heavy atom. The summed E-state index contributed by atoms with van der Waals surface area (Å²) in [4.78, 5) is 36.6. The van der Waals surface area contributed by atoms with E-state index >= 15 is 0 Å². The number of carboxylic acids is 1. The van der Waals surface area contributed by atoms with E-state index in [-0.39, 0.29) is 18.1 Å². The number of amides is 1. The predicted molar refractivity (Wildman–Crippen MR) is 140 cm³/mol. The zero-order valence-corrected chi connectivity index (χ0v) is 20.2. The van der Waals surface area contributed by atoms with Gasteiger partial charge in [-0.15, -0.1) is 0 Å². The molecule has 1 unspecified atom stereocenters. The molecule has 5 nitrogen and oxygen atoms in total. The minimum Gasteiger partial charge on any atom is -0.481 e. The first-order valence-corrected chi connectivity index (χ1v) is 12.2. The molecular formula is C30H33NO4. The minimum atomic E-state index is -0.937. The molecule has 0 spiro atoms. The quantitative estimate of drug-likeness (QED) is 0.376. The summed E-state index contributed by atoms with van der Waals surface area (Å²) in [5, 5.41) is 12.5. The number of carbonyl (C=O) groups is 3. The van der Waals surface area contributed by atoms with E-state index in [2.05, 4.69) is 12.2 Å². The van der Waals surface area contributed by atoms with E-state index in [1.54, 1.807) is 6.08 Å². The molecule has 0 bridgehead atoms. The molecule has 3 rings (SSSR count). The van der Waals surface area contributed by atoms with Crippen molar-refractivity contribution in [1.82, 2.24) is 0 Å². The number of nitrogens with one attached hydrogen (secondary N) is 1. The first-order valence-electron chi connectivity index (χ1n) is 12.2. The Hall–Kier alpha value is -3.73. The van der Waals surface area contributed by atoms with E-state index in [1.165, 1.54) is 0 Å². The van der Waals surface area contributed by atoms with Crippen molar-refractivity contribution in [3.63, 3.8) is 0 Å². The summed E-state index contributed by atoms with van der Waals surface area (Å²) >= 11 is 0. The number of anilines is 1. The molecule has 0 fully saturated rings. The van der Waals surface area contributed by atoms with E-state index in [1.807, 2.05) is 72.8 Å². The van der Waals surface area contributed by atoms with E-state index in [0.717, 1.165) is 35.2 Å². The Balaban J connectivity index is 1.57. The zero-order valence-electron chi connectivity index (χ0n) is 20.2. The fourth-order valence-electron chi connectivity index (χ4n) is 4.00. The number of benzene rings is 2. The van der Waals surface area contributed by atoms with Gasteiger partial charge in [0, 0.05) is 24.1 Å². The van der Waals surface area contributed by atoms with Crippen molar-refractivity contribution in [3.8, 4) is 0 Å². The van der Waals surface area contributed by atoms with Crippen LogP contribution in [0.25, 0.3) is 5.57 Å². The molecule has 182 valence electrons. The van der Waals surface area contributed by atoms with Gasteiger partial charge in [-0.3, -0.25) is 14.4 Å². The van der Waals surface area contributed by atoms with Gasteiger partial charge in [0.05, 0.1) is 5.92 Å². The Morgan fingerprint density at radius 1 is 0.971 bits per heavy atom. The van der Waals surface area contributed by atoms with Crippen LogP contribution in [0, 0.1) is 5.92 Å². The second kappa shape index (κ2) is 13.2. The molecule has 1 atom stereocenters. The van der Waals surface area contributed by atoms with Gasteiger partial charge in [-0.05, 0) is 54.5 Å². The molecule has 2 N–H and O–H groups in total. The van der Waals surface area contributed by atoms with Gasteiger partial charge in [0.25, 0.3) is 0 Å². The maximum absolute atomic E-state index is 12.9. The fraction of sp³-hybridized carbons (Fsp3) is 0.300. The number of carboxylic acid groups (broad SMARTS) is 1. The molecule has 2 aromatic rings. The summed E-state index contributed by atoms with van der Waals surface area (Å²) in [6.07, 6.45) is 11.5. The van der Waals surface area contributed by atoms with Gasteiger partial charge in [0.15, 0.2) is 5.78 Å². The third kappa shape index (κ3) is 8.21. The summed E-state index contributed by atoms with van der Waals surface area (Å²) in [6.45, 7) is 2.06. The van der Waals surface area contributed by atoms with Gasteiger partial charge in [-0.2, -0.15) is 0 Å². The number of aliphatic carboxylic acids is 1. The number of ketones is 1. The van der Waals surface area contributed by atoms with Crippen LogP contribution in [0.5, 0.6) is 0 Å². The van der Waals surface area contributed by atoms with Gasteiger partial charge in [0.1, 0.15) is 0 Å². The van der Waals surface area contributed by atoms with Crippen LogP contribution in [0.1, 0.15) is 56.6 Å². The predicted octanol–water partition coefficient (Wildman–Crippen LogP) is 6.38. The van der Waals surface area contributed by atoms with Crippen LogP contribution in [0.4, 0.5) is 5.69 Å². The van der Waals surface area contributed by atoms with Gasteiger partial charge in [-0.1, -0.05) is 80.1 Å². The lowest BCUT2D eigenvalue weighted by Crippen LogP contribution is -2.19. The van der Waals surface area contributed by atoms with Crippen molar-refractivity contribution < 1.29 is 19.5 Å². The molecule has 1 aliphatic rings. The van der Waals surface area contributed by atoms with Gasteiger partial charge in [-0.25, -0.2) is 0 Å². The third-order valence-electron chi connectivity index (χ3n) is 6.10. The topological polar surface area (TPSA) is 83.5 Å². The monoisotopic (exact) mass is 471 g/mol. The Morgan fingerprint density at radius 2 is 1.71 bits per heavy atom. The second-order valence-electron chi connectivity index (χ2n) is 8.80. The van der Waals surface area contributed by atoms with Crippen LogP contribution < -0.4 is 5.32 Å². The average Bonchev–Trinajstić information content (AvgIpc) is 3.12. The normalized spacial score (nSPS) is 13.9. The molecule has 0 aliphatic heterocycles. The minimum absolute atomic E-state index is 0.0138. The number of hydrogen-bond donors (Lipinski definition) is 2. The number of aryl methyl sites for hydroxylation is 1. The lowest BCUT2D eigenvalue weighted by molar-refractivity contribution is -0.143. The van der Waals surface area contributed by atoms with Crippen molar-refractivity contribution in [1.29, 1.82) is 0 Å². The van der Waals surface area contributed by atoms with Gasteiger partial charge < -0.3 is 10.4 Å². The fourth-order valence-corrected chi connectivity index (χ4v) is 4.00. The van der Waals surface area contributed by atoms with Crippen molar-refractivity contribution >= 4 is 28.9 Å². The van der Waals surface area contributed by atoms with Crippen LogP contribution >= 0.6 is 0 Å². The molecule has 0 radical (unpaired) electrons. The smallest absolute Gasteiger partial charge is 0.306 e. The molecule has 0 saturated carbocycles. The maximum atomic E-state index is 12.9. The number of hydrogen-bond acceptors (Lipinski definition) is 3. The Labute approximate surface area is 207 Å². The zero-order chi connectivity index (χ0) is 25.0. The standard InChI is InChI=1S/C30H33NO4/c1-2-3-12-29(33)31-27-19-17-24(18-20-27)23-10-7-11-25(16-15-23)28(32)21-26(30(34)35)14-13-22-8-5-4-6-9-22/h4-6,8-11,15-20,26H,2-3,7,12-14,21H2,1H3,(H,31,33)(H,34,35). The summed E-state index contributed by atoms with van der Waals surface area (Å²) in [6, 6.07) is 17.4. The average molecular weight is 472 g/mol. The number of allylic oxidation sites excluding steroid dienone is 6. The summed E-state index contributed by atoms with van der Waals surface area (Å²) in [7, 11) is 0. The number of unbranched alkanes of at least 4 members (excludes halogenated alkanes) is 1. The second-order valence-corrected chi connectivity index (χ2v) is 8.80. The Bertz CT molecular complexity index is 1110. The highest BCUT2D eigenvalue weighted by Crippen LogP contribution is 2.24. The maximum Gasteiger partial charge on any atom is 0.306 e. The SMILES string of the molecule is CCCCC(=O)Nc1ccc(C2=CCC=C(C(=O)CC(CCc3ccccc3)C(=O)O)C=C2)cc1. The molecule has 2 aromatic carbocycles. The highest BCUT2D eigenvalue weighted by Gasteiger charge is 2.22. The summed E-state index contributed by atoms with van der Waals surface area (Å²) < 4.78 is 0. The van der Waals surface area contributed by atoms with Gasteiger partial charge >= 0.3 is 5.97 Å². The molecular weight excluding hydrogens is 438 g/mol. The third-order valence-corrected chi connectivity index (χ3v) is 6.10. The molecule has 1 amide bonds. The van der Waals surface area contributed by atoms with Crippen molar-refractivity contribution in [2.45, 2.75) is 51.9 Å². The van der Waals surface area contributed by atoms with Crippen LogP contribution in [0.15, 0.2) is 84.5 Å². The lowest BCUT2D eigenvalue weighted by Gasteiger charge is -2.12. The molecule has 0 heterocycles. The Kier molecular flexibility index (Phi) is 9.79. The van der Waals surface area contributed by atoms with E-state index in [9.17, 15) is 19.5 Å². The van der Waals surface area contributed by atoms with E-state index < -0.39 is 11.9 Å². The first kappa shape index (κ1) is 25.9. The van der Waals surface area contributed by atoms with Crippen LogP contribution in [-0.2, 0) is 20.8 Å². The number of rotatable bonds is 12. The molecule has 1 aliphatic carbocycles. The summed E-state index contributed by atoms with van der Waals surface area (Å²) in [5.41, 5.74) is 4.34. The van der Waals surface area contributed by atoms with E-state index in [4.69, 9.17) is 0 Å². The van der Waals surface area contributed by atoms with Crippen molar-refractivity contribution in [2.24, 2.45) is 5.92 Å². The first-order chi connectivity index (χ1) is 17.0. The van der Waals surface area contributed by atoms with Crippen molar-refractivity contribution in [3.05, 3.63) is 95.6 Å². The highest BCUT2D eigenvalue weighted by molar-refractivity contribution is 6.00. The molecule has 0 saturated heterocycles. The van der Waals surface area contributed by atoms with E-state index in [0.29, 0.717) is 31.3 Å². The molecule has 0 aromatic heterocycles. The highest BCUT2D eigenvalue weighted by atomic mass is 16.4. The lowest BCUT2D eigenvalue weighted by atomic mass is 9.92. The van der Waals surface area contributed by atoms with Crippen LogP contribution in [-0.4, -0.2) is 22.8 Å². The molecule has 35 heavy (non-hydrogen) atoms. The largest absolute Gasteiger partial charge is 0.481 e. The number of Topliss-reactive ketones (excluding diaryl/α,β-unsaturated/α-hetero) is 1. The number of carbonyl (C=O) groups excluding carboxylic acids is 2. The molecule has 5 heteroatoms. The van der Waals surface area contributed by atoms with Gasteiger partial charge in [0.2, 0.25) is 5.91 Å². The summed E-state index contributed by atoms with van der Waals surface area (Å²) in [5.74, 6) is -1.79. The van der Waals surface area contributed by atoms with Crippen LogP contribution in [0.2, 0.25) is 0 Å².